The molecule has 36 heavy (non-hydrogen) atoms. The zero-order chi connectivity index (χ0) is 25.3. The lowest BCUT2D eigenvalue weighted by Gasteiger charge is -2.34. The molecule has 0 aromatic heterocycles. The van der Waals surface area contributed by atoms with Crippen molar-refractivity contribution < 1.29 is 14.3 Å². The number of hydrogen-bond donors (Lipinski definition) is 1. The van der Waals surface area contributed by atoms with Gasteiger partial charge in [-0.3, -0.25) is 4.90 Å². The number of halogens is 2. The van der Waals surface area contributed by atoms with Crippen LogP contribution in [-0.2, 0) is 4.74 Å². The van der Waals surface area contributed by atoms with Crippen molar-refractivity contribution in [2.75, 3.05) is 51.8 Å². The number of urea groups is 1. The number of ether oxygens (including phenoxy) is 2. The maximum atomic E-state index is 12.6. The molecule has 3 aromatic carbocycles. The summed E-state index contributed by atoms with van der Waals surface area (Å²) in [6.07, 6.45) is 0.713. The molecule has 6 nitrogen and oxygen atoms in total. The van der Waals surface area contributed by atoms with E-state index in [-0.39, 0.29) is 12.1 Å². The number of rotatable bonds is 9. The summed E-state index contributed by atoms with van der Waals surface area (Å²) in [5, 5.41) is 4.35. The second kappa shape index (κ2) is 13.0. The summed E-state index contributed by atoms with van der Waals surface area (Å²) in [4.78, 5) is 16.9. The number of carbonyl (C=O) groups is 1. The van der Waals surface area contributed by atoms with E-state index in [4.69, 9.17) is 32.7 Å². The van der Waals surface area contributed by atoms with E-state index in [1.807, 2.05) is 77.7 Å². The van der Waals surface area contributed by atoms with E-state index in [1.165, 1.54) is 0 Å². The first kappa shape index (κ1) is 26.3. The molecule has 0 aliphatic carbocycles. The number of carbonyl (C=O) groups excluding carboxylic acids is 1. The van der Waals surface area contributed by atoms with Gasteiger partial charge in [0.2, 0.25) is 0 Å². The molecular formula is C28H31Cl2N3O3. The SMILES string of the molecule is COc1cccc(NC(=O)N2CCN(CCCOC(c3ccc(Cl)cc3)c3ccc(Cl)cc3)CC2)c1. The van der Waals surface area contributed by atoms with E-state index in [0.717, 1.165) is 42.9 Å². The van der Waals surface area contributed by atoms with E-state index in [0.29, 0.717) is 35.5 Å². The quantitative estimate of drug-likeness (QED) is 0.329. The van der Waals surface area contributed by atoms with Gasteiger partial charge in [-0.1, -0.05) is 53.5 Å². The van der Waals surface area contributed by atoms with Crippen molar-refractivity contribution >= 4 is 34.9 Å². The number of nitrogens with one attached hydrogen (secondary N) is 1. The van der Waals surface area contributed by atoms with Gasteiger partial charge >= 0.3 is 6.03 Å². The molecule has 1 fully saturated rings. The molecular weight excluding hydrogens is 497 g/mol. The van der Waals surface area contributed by atoms with E-state index >= 15 is 0 Å². The molecule has 1 saturated heterocycles. The third-order valence-corrected chi connectivity index (χ3v) is 6.73. The van der Waals surface area contributed by atoms with Gasteiger partial charge in [-0.25, -0.2) is 4.79 Å². The second-order valence-corrected chi connectivity index (χ2v) is 9.57. The van der Waals surface area contributed by atoms with E-state index in [2.05, 4.69) is 10.2 Å². The Balaban J connectivity index is 1.23. The van der Waals surface area contributed by atoms with E-state index < -0.39 is 0 Å². The molecule has 1 N–H and O–H groups in total. The highest BCUT2D eigenvalue weighted by Gasteiger charge is 2.21. The van der Waals surface area contributed by atoms with Crippen LogP contribution in [-0.4, -0.2) is 62.3 Å². The van der Waals surface area contributed by atoms with Gasteiger partial charge in [-0.2, -0.15) is 0 Å². The predicted octanol–water partition coefficient (Wildman–Crippen LogP) is 6.35. The van der Waals surface area contributed by atoms with Gasteiger partial charge in [-0.15, -0.1) is 0 Å². The summed E-state index contributed by atoms with van der Waals surface area (Å²) >= 11 is 12.2. The van der Waals surface area contributed by atoms with Crippen LogP contribution in [0.1, 0.15) is 23.7 Å². The third-order valence-electron chi connectivity index (χ3n) is 6.23. The van der Waals surface area contributed by atoms with Crippen molar-refractivity contribution in [3.63, 3.8) is 0 Å². The first-order chi connectivity index (χ1) is 17.5. The zero-order valence-corrected chi connectivity index (χ0v) is 21.8. The monoisotopic (exact) mass is 527 g/mol. The summed E-state index contributed by atoms with van der Waals surface area (Å²) in [6, 6.07) is 22.8. The highest BCUT2D eigenvalue weighted by molar-refractivity contribution is 6.30. The van der Waals surface area contributed by atoms with Gasteiger partial charge < -0.3 is 19.7 Å². The number of amides is 2. The summed E-state index contributed by atoms with van der Waals surface area (Å²) in [5.74, 6) is 0.717. The minimum absolute atomic E-state index is 0.0833. The summed E-state index contributed by atoms with van der Waals surface area (Å²) < 4.78 is 11.6. The number of hydrogen-bond acceptors (Lipinski definition) is 4. The van der Waals surface area contributed by atoms with Crippen molar-refractivity contribution in [3.8, 4) is 5.75 Å². The lowest BCUT2D eigenvalue weighted by atomic mass is 10.0. The van der Waals surface area contributed by atoms with Crippen LogP contribution in [0.2, 0.25) is 10.0 Å². The maximum absolute atomic E-state index is 12.6. The fraction of sp³-hybridized carbons (Fsp3) is 0.321. The molecule has 1 aliphatic rings. The van der Waals surface area contributed by atoms with Crippen molar-refractivity contribution in [1.29, 1.82) is 0 Å². The Labute approximate surface area is 222 Å². The van der Waals surface area contributed by atoms with Gasteiger partial charge in [0.05, 0.1) is 7.11 Å². The van der Waals surface area contributed by atoms with Gasteiger partial charge in [-0.05, 0) is 53.9 Å². The fourth-order valence-electron chi connectivity index (χ4n) is 4.23. The molecule has 0 radical (unpaired) electrons. The molecule has 3 aromatic rings. The van der Waals surface area contributed by atoms with Crippen LogP contribution in [0.5, 0.6) is 5.75 Å². The van der Waals surface area contributed by atoms with Gasteiger partial charge in [0, 0.05) is 61.1 Å². The number of nitrogens with zero attached hydrogens (tertiary/aromatic N) is 2. The first-order valence-electron chi connectivity index (χ1n) is 12.1. The Morgan fingerprint density at radius 2 is 1.53 bits per heavy atom. The topological polar surface area (TPSA) is 54.0 Å². The average Bonchev–Trinajstić information content (AvgIpc) is 2.90. The smallest absolute Gasteiger partial charge is 0.321 e. The fourth-order valence-corrected chi connectivity index (χ4v) is 4.48. The molecule has 1 aliphatic heterocycles. The maximum Gasteiger partial charge on any atom is 0.321 e. The molecule has 0 spiro atoms. The largest absolute Gasteiger partial charge is 0.497 e. The normalized spacial score (nSPS) is 14.2. The lowest BCUT2D eigenvalue weighted by molar-refractivity contribution is 0.0670. The third kappa shape index (κ3) is 7.37. The minimum atomic E-state index is -0.184. The molecule has 0 saturated carbocycles. The Hall–Kier alpha value is -2.77. The molecule has 190 valence electrons. The highest BCUT2D eigenvalue weighted by atomic mass is 35.5. The first-order valence-corrected chi connectivity index (χ1v) is 12.8. The van der Waals surface area contributed by atoms with Gasteiger partial charge in [0.25, 0.3) is 0 Å². The summed E-state index contributed by atoms with van der Waals surface area (Å²) in [7, 11) is 1.61. The zero-order valence-electron chi connectivity index (χ0n) is 20.3. The van der Waals surface area contributed by atoms with Gasteiger partial charge in [0.15, 0.2) is 0 Å². The van der Waals surface area contributed by atoms with E-state index in [1.54, 1.807) is 7.11 Å². The Bertz CT molecular complexity index is 1070. The van der Waals surface area contributed by atoms with Crippen molar-refractivity contribution in [2.24, 2.45) is 0 Å². The molecule has 8 heteroatoms. The number of piperazine rings is 1. The average molecular weight is 528 g/mol. The Kier molecular flexibility index (Phi) is 9.47. The predicted molar refractivity (Wildman–Crippen MR) is 145 cm³/mol. The minimum Gasteiger partial charge on any atom is -0.497 e. The van der Waals surface area contributed by atoms with Crippen LogP contribution in [0.15, 0.2) is 72.8 Å². The van der Waals surface area contributed by atoms with Crippen molar-refractivity contribution in [1.82, 2.24) is 9.80 Å². The molecule has 0 bridgehead atoms. The lowest BCUT2D eigenvalue weighted by Crippen LogP contribution is -2.50. The van der Waals surface area contributed by atoms with Crippen LogP contribution < -0.4 is 10.1 Å². The summed E-state index contributed by atoms with van der Waals surface area (Å²) in [5.41, 5.74) is 2.84. The molecule has 4 rings (SSSR count). The summed E-state index contributed by atoms with van der Waals surface area (Å²) in [6.45, 7) is 4.59. The van der Waals surface area contributed by atoms with Crippen molar-refractivity contribution in [2.45, 2.75) is 12.5 Å². The van der Waals surface area contributed by atoms with Crippen molar-refractivity contribution in [3.05, 3.63) is 94.0 Å². The number of benzene rings is 3. The molecule has 0 atom stereocenters. The van der Waals surface area contributed by atoms with Crippen LogP contribution >= 0.6 is 23.2 Å². The molecule has 0 unspecified atom stereocenters. The molecule has 2 amide bonds. The number of methoxy groups -OCH3 is 1. The standard InChI is InChI=1S/C28H31Cl2N3O3/c1-35-26-5-2-4-25(20-26)31-28(34)33-17-15-32(16-18-33)14-3-19-36-27(21-6-10-23(29)11-7-21)22-8-12-24(30)13-9-22/h2,4-13,20,27H,3,14-19H2,1H3,(H,31,34). The van der Waals surface area contributed by atoms with Crippen LogP contribution in [0.25, 0.3) is 0 Å². The Morgan fingerprint density at radius 1 is 0.917 bits per heavy atom. The van der Waals surface area contributed by atoms with Crippen LogP contribution in [0, 0.1) is 0 Å². The van der Waals surface area contributed by atoms with Crippen LogP contribution in [0.3, 0.4) is 0 Å². The highest BCUT2D eigenvalue weighted by Crippen LogP contribution is 2.28. The second-order valence-electron chi connectivity index (χ2n) is 8.70. The van der Waals surface area contributed by atoms with Gasteiger partial charge in [0.1, 0.15) is 11.9 Å². The number of anilines is 1. The van der Waals surface area contributed by atoms with E-state index in [9.17, 15) is 4.79 Å². The molecule has 1 heterocycles. The Morgan fingerprint density at radius 3 is 2.11 bits per heavy atom. The van der Waals surface area contributed by atoms with Crippen LogP contribution in [0.4, 0.5) is 10.5 Å².